The van der Waals surface area contributed by atoms with Gasteiger partial charge in [0.2, 0.25) is 0 Å². The molecule has 106 valence electrons. The molecule has 1 aromatic carbocycles. The molecule has 1 N–H and O–H groups in total. The molecule has 3 heteroatoms. The molecular formula is C16H24FNO. The fourth-order valence-corrected chi connectivity index (χ4v) is 3.03. The van der Waals surface area contributed by atoms with Gasteiger partial charge in [0.1, 0.15) is 5.82 Å². The molecule has 0 aliphatic heterocycles. The Morgan fingerprint density at radius 3 is 2.58 bits per heavy atom. The maximum absolute atomic E-state index is 13.7. The smallest absolute Gasteiger partial charge is 0.126 e. The minimum atomic E-state index is -0.642. The number of halogens is 1. The minimum Gasteiger partial charge on any atom is -0.389 e. The summed E-state index contributed by atoms with van der Waals surface area (Å²) in [4.78, 5) is 2.17. The summed E-state index contributed by atoms with van der Waals surface area (Å²) in [5, 5.41) is 9.84. The van der Waals surface area contributed by atoms with Crippen LogP contribution in [0.25, 0.3) is 0 Å². The van der Waals surface area contributed by atoms with Crippen LogP contribution in [0.15, 0.2) is 12.1 Å². The van der Waals surface area contributed by atoms with Crippen LogP contribution in [0.4, 0.5) is 10.1 Å². The Morgan fingerprint density at radius 1 is 1.37 bits per heavy atom. The number of anilines is 1. The first-order valence-electron chi connectivity index (χ1n) is 7.18. The van der Waals surface area contributed by atoms with Crippen molar-refractivity contribution < 1.29 is 9.50 Å². The Kier molecular flexibility index (Phi) is 4.46. The Hall–Kier alpha value is -1.09. The molecule has 0 saturated heterocycles. The first-order valence-corrected chi connectivity index (χ1v) is 7.18. The normalized spacial score (nSPS) is 17.7. The van der Waals surface area contributed by atoms with Crippen LogP contribution in [-0.4, -0.2) is 18.7 Å². The van der Waals surface area contributed by atoms with E-state index in [1.807, 2.05) is 13.1 Å². The van der Waals surface area contributed by atoms with Gasteiger partial charge in [-0.2, -0.15) is 0 Å². The third-order valence-electron chi connectivity index (χ3n) is 4.18. The summed E-state index contributed by atoms with van der Waals surface area (Å²) in [6.07, 6.45) is 4.58. The Morgan fingerprint density at radius 2 is 2.00 bits per heavy atom. The topological polar surface area (TPSA) is 23.5 Å². The van der Waals surface area contributed by atoms with E-state index < -0.39 is 6.10 Å². The zero-order chi connectivity index (χ0) is 14.0. The molecular weight excluding hydrogens is 241 g/mol. The predicted octanol–water partition coefficient (Wildman–Crippen LogP) is 3.81. The van der Waals surface area contributed by atoms with Crippen molar-refractivity contribution in [2.24, 2.45) is 5.92 Å². The molecule has 1 aromatic rings. The molecule has 1 aliphatic carbocycles. The van der Waals surface area contributed by atoms with Crippen LogP contribution in [-0.2, 0) is 0 Å². The lowest BCUT2D eigenvalue weighted by molar-refractivity contribution is 0.199. The molecule has 0 unspecified atom stereocenters. The van der Waals surface area contributed by atoms with E-state index in [-0.39, 0.29) is 5.82 Å². The Labute approximate surface area is 115 Å². The fourth-order valence-electron chi connectivity index (χ4n) is 3.03. The van der Waals surface area contributed by atoms with E-state index in [0.717, 1.165) is 18.2 Å². The van der Waals surface area contributed by atoms with E-state index >= 15 is 0 Å². The summed E-state index contributed by atoms with van der Waals surface area (Å²) in [6, 6.07) is 3.33. The average Bonchev–Trinajstić information content (AvgIpc) is 2.84. The molecule has 0 amide bonds. The lowest BCUT2D eigenvalue weighted by Gasteiger charge is -2.27. The standard InChI is InChI=1S/C16H24FNO/c1-11-8-16(14(12(2)19)9-15(11)17)18(3)10-13-6-4-5-7-13/h8-9,12-13,19H,4-7,10H2,1-3H3/t12-/m1/s1. The summed E-state index contributed by atoms with van der Waals surface area (Å²) < 4.78 is 13.7. The Balaban J connectivity index is 2.23. The van der Waals surface area contributed by atoms with Crippen molar-refractivity contribution in [2.45, 2.75) is 45.6 Å². The number of aryl methyl sites for hydroxylation is 1. The molecule has 19 heavy (non-hydrogen) atoms. The van der Waals surface area contributed by atoms with Crippen LogP contribution in [0.5, 0.6) is 0 Å². The van der Waals surface area contributed by atoms with Crippen molar-refractivity contribution in [2.75, 3.05) is 18.5 Å². The van der Waals surface area contributed by atoms with E-state index in [4.69, 9.17) is 0 Å². The third-order valence-corrected chi connectivity index (χ3v) is 4.18. The van der Waals surface area contributed by atoms with Gasteiger partial charge < -0.3 is 10.0 Å². The SMILES string of the molecule is Cc1cc(N(C)CC2CCCC2)c([C@@H](C)O)cc1F. The molecule has 0 radical (unpaired) electrons. The molecule has 0 bridgehead atoms. The second-order valence-corrected chi connectivity index (χ2v) is 5.87. The van der Waals surface area contributed by atoms with E-state index in [1.54, 1.807) is 13.8 Å². The van der Waals surface area contributed by atoms with Crippen molar-refractivity contribution in [3.05, 3.63) is 29.1 Å². The fraction of sp³-hybridized carbons (Fsp3) is 0.625. The first-order chi connectivity index (χ1) is 8.99. The summed E-state index contributed by atoms with van der Waals surface area (Å²) >= 11 is 0. The quantitative estimate of drug-likeness (QED) is 0.894. The van der Waals surface area contributed by atoms with Gasteiger partial charge in [-0.3, -0.25) is 0 Å². The maximum atomic E-state index is 13.7. The molecule has 2 rings (SSSR count). The molecule has 0 heterocycles. The number of nitrogens with zero attached hydrogens (tertiary/aromatic N) is 1. The largest absolute Gasteiger partial charge is 0.389 e. The highest BCUT2D eigenvalue weighted by Gasteiger charge is 2.20. The van der Waals surface area contributed by atoms with Crippen molar-refractivity contribution in [3.8, 4) is 0 Å². The second kappa shape index (κ2) is 5.91. The van der Waals surface area contributed by atoms with Gasteiger partial charge in [-0.25, -0.2) is 4.39 Å². The lowest BCUT2D eigenvalue weighted by Crippen LogP contribution is -2.25. The van der Waals surface area contributed by atoms with Gasteiger partial charge in [0.25, 0.3) is 0 Å². The van der Waals surface area contributed by atoms with Gasteiger partial charge in [0.05, 0.1) is 6.10 Å². The average molecular weight is 265 g/mol. The van der Waals surface area contributed by atoms with E-state index in [1.165, 1.54) is 31.7 Å². The van der Waals surface area contributed by atoms with Gasteiger partial charge in [-0.1, -0.05) is 12.8 Å². The van der Waals surface area contributed by atoms with Gasteiger partial charge >= 0.3 is 0 Å². The highest BCUT2D eigenvalue weighted by molar-refractivity contribution is 5.56. The van der Waals surface area contributed by atoms with Crippen LogP contribution in [0.1, 0.15) is 49.8 Å². The highest BCUT2D eigenvalue weighted by Crippen LogP contribution is 2.31. The summed E-state index contributed by atoms with van der Waals surface area (Å²) in [6.45, 7) is 4.45. The van der Waals surface area contributed by atoms with E-state index in [2.05, 4.69) is 4.90 Å². The summed E-state index contributed by atoms with van der Waals surface area (Å²) in [5.41, 5.74) is 2.28. The number of benzene rings is 1. The molecule has 0 spiro atoms. The third kappa shape index (κ3) is 3.27. The van der Waals surface area contributed by atoms with Crippen molar-refractivity contribution in [1.82, 2.24) is 0 Å². The monoisotopic (exact) mass is 265 g/mol. The number of hydrogen-bond acceptors (Lipinski definition) is 2. The zero-order valence-electron chi connectivity index (χ0n) is 12.1. The van der Waals surface area contributed by atoms with Crippen LogP contribution in [0, 0.1) is 18.7 Å². The molecule has 2 nitrogen and oxygen atoms in total. The lowest BCUT2D eigenvalue weighted by atomic mass is 10.0. The number of hydrogen-bond donors (Lipinski definition) is 1. The van der Waals surface area contributed by atoms with Crippen molar-refractivity contribution in [3.63, 3.8) is 0 Å². The van der Waals surface area contributed by atoms with E-state index in [9.17, 15) is 9.50 Å². The highest BCUT2D eigenvalue weighted by atomic mass is 19.1. The van der Waals surface area contributed by atoms with Crippen LogP contribution in [0.3, 0.4) is 0 Å². The maximum Gasteiger partial charge on any atom is 0.126 e. The molecule has 1 aliphatic rings. The minimum absolute atomic E-state index is 0.242. The van der Waals surface area contributed by atoms with E-state index in [0.29, 0.717) is 11.1 Å². The second-order valence-electron chi connectivity index (χ2n) is 5.87. The molecule has 0 aromatic heterocycles. The Bertz CT molecular complexity index is 439. The summed E-state index contributed by atoms with van der Waals surface area (Å²) in [5.74, 6) is 0.492. The predicted molar refractivity (Wildman–Crippen MR) is 77.0 cm³/mol. The van der Waals surface area contributed by atoms with Crippen LogP contribution < -0.4 is 4.90 Å². The van der Waals surface area contributed by atoms with Gasteiger partial charge in [0.15, 0.2) is 0 Å². The molecule has 1 saturated carbocycles. The zero-order valence-corrected chi connectivity index (χ0v) is 12.1. The number of aliphatic hydroxyl groups is 1. The molecule has 1 fully saturated rings. The number of rotatable bonds is 4. The van der Waals surface area contributed by atoms with Gasteiger partial charge in [-0.15, -0.1) is 0 Å². The van der Waals surface area contributed by atoms with Gasteiger partial charge in [-0.05, 0) is 50.3 Å². The van der Waals surface area contributed by atoms with Crippen molar-refractivity contribution >= 4 is 5.69 Å². The van der Waals surface area contributed by atoms with Crippen LogP contribution in [0.2, 0.25) is 0 Å². The van der Waals surface area contributed by atoms with Gasteiger partial charge in [0, 0.05) is 24.8 Å². The molecule has 1 atom stereocenters. The van der Waals surface area contributed by atoms with Crippen molar-refractivity contribution in [1.29, 1.82) is 0 Å². The number of aliphatic hydroxyl groups excluding tert-OH is 1. The summed E-state index contributed by atoms with van der Waals surface area (Å²) in [7, 11) is 2.04. The van der Waals surface area contributed by atoms with Crippen LogP contribution >= 0.6 is 0 Å². The first kappa shape index (κ1) is 14.3.